The number of amides is 4. The zero-order valence-corrected chi connectivity index (χ0v) is 24.2. The second-order valence-corrected chi connectivity index (χ2v) is 10.8. The Morgan fingerprint density at radius 2 is 1.63 bits per heavy atom. The molecule has 4 rings (SSSR count). The van der Waals surface area contributed by atoms with Crippen LogP contribution in [0.1, 0.15) is 55.4 Å². The van der Waals surface area contributed by atoms with Gasteiger partial charge < -0.3 is 26.4 Å². The van der Waals surface area contributed by atoms with E-state index in [2.05, 4.69) is 21.3 Å². The van der Waals surface area contributed by atoms with Crippen LogP contribution in [-0.2, 0) is 17.8 Å². The zero-order valence-electron chi connectivity index (χ0n) is 21.9. The lowest BCUT2D eigenvalue weighted by atomic mass is 10.1. The third-order valence-electron chi connectivity index (χ3n) is 6.73. The summed E-state index contributed by atoms with van der Waals surface area (Å²) in [5.41, 5.74) is 3.78. The fourth-order valence-electron chi connectivity index (χ4n) is 4.49. The number of hydrogen-bond donors (Lipinski definition) is 5. The number of carbonyl (C=O) groups is 4. The van der Waals surface area contributed by atoms with Gasteiger partial charge in [-0.1, -0.05) is 71.2 Å². The lowest BCUT2D eigenvalue weighted by molar-refractivity contribution is -0.139. The molecule has 4 amide bonds. The van der Waals surface area contributed by atoms with Gasteiger partial charge in [-0.15, -0.1) is 0 Å². The standard InChI is InChI=1S/C29H27Cl3N4O5/c1-15-6-7-16(10-20(15)30)13-33-26(37)18-11-21(31)25(22(32)12-18)27(38)35-24(28(39)40)14-34-29(41)36-23-9-8-17-4-2-3-5-19(17)23/h2-7,10-12,23-24H,8-9,13-14H2,1H3,(H,33,37)(H,35,38)(H,39,40)(H2,34,36,41)/t23-,24+/m1/s1. The number of aryl methyl sites for hydroxylation is 2. The molecule has 0 aromatic heterocycles. The largest absolute Gasteiger partial charge is 0.480 e. The number of halogens is 3. The van der Waals surface area contributed by atoms with Gasteiger partial charge in [0.05, 0.1) is 28.2 Å². The van der Waals surface area contributed by atoms with Gasteiger partial charge in [0, 0.05) is 17.1 Å². The first-order valence-electron chi connectivity index (χ1n) is 12.7. The number of hydrogen-bond acceptors (Lipinski definition) is 4. The highest BCUT2D eigenvalue weighted by molar-refractivity contribution is 6.40. The van der Waals surface area contributed by atoms with Crippen molar-refractivity contribution in [3.05, 3.63) is 103 Å². The highest BCUT2D eigenvalue weighted by atomic mass is 35.5. The van der Waals surface area contributed by atoms with E-state index in [0.29, 0.717) is 5.02 Å². The number of aliphatic carboxylic acids is 1. The topological polar surface area (TPSA) is 137 Å². The van der Waals surface area contributed by atoms with Crippen molar-refractivity contribution >= 4 is 58.6 Å². The molecule has 0 aliphatic heterocycles. The first kappa shape index (κ1) is 30.2. The van der Waals surface area contributed by atoms with E-state index in [-0.39, 0.29) is 40.3 Å². The van der Waals surface area contributed by atoms with Crippen molar-refractivity contribution in [2.75, 3.05) is 6.54 Å². The molecule has 0 unspecified atom stereocenters. The Morgan fingerprint density at radius 1 is 0.927 bits per heavy atom. The second-order valence-electron chi connectivity index (χ2n) is 9.59. The monoisotopic (exact) mass is 616 g/mol. The van der Waals surface area contributed by atoms with Crippen LogP contribution in [0.25, 0.3) is 0 Å². The van der Waals surface area contributed by atoms with Gasteiger partial charge in [-0.05, 0) is 60.2 Å². The molecule has 3 aromatic rings. The van der Waals surface area contributed by atoms with Crippen molar-refractivity contribution in [1.82, 2.24) is 21.3 Å². The molecule has 0 heterocycles. The summed E-state index contributed by atoms with van der Waals surface area (Å²) in [6.07, 6.45) is 1.57. The molecule has 0 bridgehead atoms. The lowest BCUT2D eigenvalue weighted by Gasteiger charge is -2.19. The van der Waals surface area contributed by atoms with E-state index in [0.717, 1.165) is 35.1 Å². The van der Waals surface area contributed by atoms with Gasteiger partial charge in [0.1, 0.15) is 6.04 Å². The number of fused-ring (bicyclic) bond motifs is 1. The van der Waals surface area contributed by atoms with E-state index >= 15 is 0 Å². The van der Waals surface area contributed by atoms with Gasteiger partial charge in [-0.2, -0.15) is 0 Å². The number of rotatable bonds is 9. The molecule has 0 radical (unpaired) electrons. The summed E-state index contributed by atoms with van der Waals surface area (Å²) in [5, 5.41) is 20.3. The Bertz CT molecular complexity index is 1490. The van der Waals surface area contributed by atoms with Gasteiger partial charge in [-0.3, -0.25) is 9.59 Å². The first-order valence-corrected chi connectivity index (χ1v) is 13.8. The Kier molecular flexibility index (Phi) is 9.75. The molecular weight excluding hydrogens is 591 g/mol. The molecule has 0 saturated carbocycles. The summed E-state index contributed by atoms with van der Waals surface area (Å²) in [4.78, 5) is 49.9. The average Bonchev–Trinajstić information content (AvgIpc) is 3.33. The number of carbonyl (C=O) groups excluding carboxylic acids is 3. The van der Waals surface area contributed by atoms with Crippen molar-refractivity contribution in [3.63, 3.8) is 0 Å². The molecular formula is C29H27Cl3N4O5. The van der Waals surface area contributed by atoms with Crippen molar-refractivity contribution in [2.45, 2.75) is 38.4 Å². The highest BCUT2D eigenvalue weighted by Gasteiger charge is 2.27. The smallest absolute Gasteiger partial charge is 0.328 e. The predicted octanol–water partition coefficient (Wildman–Crippen LogP) is 5.05. The molecule has 1 aliphatic rings. The molecule has 5 N–H and O–H groups in total. The van der Waals surface area contributed by atoms with Crippen LogP contribution in [0.4, 0.5) is 4.79 Å². The first-order chi connectivity index (χ1) is 19.5. The van der Waals surface area contributed by atoms with Gasteiger partial charge >= 0.3 is 12.0 Å². The molecule has 3 aromatic carbocycles. The molecule has 41 heavy (non-hydrogen) atoms. The summed E-state index contributed by atoms with van der Waals surface area (Å²) in [6.45, 7) is 1.68. The molecule has 12 heteroatoms. The Labute approximate surface area is 251 Å². The SMILES string of the molecule is Cc1ccc(CNC(=O)c2cc(Cl)c(C(=O)N[C@@H](CNC(=O)N[C@@H]3CCc4ccccc43)C(=O)O)c(Cl)c2)cc1Cl. The van der Waals surface area contributed by atoms with Crippen LogP contribution in [0.2, 0.25) is 15.1 Å². The van der Waals surface area contributed by atoms with Gasteiger partial charge in [0.25, 0.3) is 11.8 Å². The maximum atomic E-state index is 12.9. The summed E-state index contributed by atoms with van der Waals surface area (Å²) >= 11 is 18.7. The minimum Gasteiger partial charge on any atom is -0.480 e. The van der Waals surface area contributed by atoms with Crippen LogP contribution in [0, 0.1) is 6.92 Å². The molecule has 0 fully saturated rings. The molecule has 2 atom stereocenters. The molecule has 0 spiro atoms. The van der Waals surface area contributed by atoms with Crippen molar-refractivity contribution < 1.29 is 24.3 Å². The van der Waals surface area contributed by atoms with E-state index in [1.165, 1.54) is 12.1 Å². The van der Waals surface area contributed by atoms with Crippen LogP contribution in [-0.4, -0.2) is 41.5 Å². The normalized spacial score (nSPS) is 14.5. The van der Waals surface area contributed by atoms with Crippen LogP contribution < -0.4 is 21.3 Å². The maximum absolute atomic E-state index is 12.9. The Hall–Kier alpha value is -3.79. The second kappa shape index (κ2) is 13.2. The Morgan fingerprint density at radius 3 is 2.32 bits per heavy atom. The number of nitrogens with one attached hydrogen (secondary N) is 4. The number of carboxylic acid groups (broad SMARTS) is 1. The third-order valence-corrected chi connectivity index (χ3v) is 7.73. The minimum absolute atomic E-state index is 0.108. The highest BCUT2D eigenvalue weighted by Crippen LogP contribution is 2.30. The van der Waals surface area contributed by atoms with E-state index in [4.69, 9.17) is 34.8 Å². The van der Waals surface area contributed by atoms with E-state index in [1.54, 1.807) is 6.07 Å². The fraction of sp³-hybridized carbons (Fsp3) is 0.241. The third kappa shape index (κ3) is 7.49. The van der Waals surface area contributed by atoms with Crippen LogP contribution in [0.3, 0.4) is 0 Å². The van der Waals surface area contributed by atoms with Crippen LogP contribution in [0.5, 0.6) is 0 Å². The summed E-state index contributed by atoms with van der Waals surface area (Å²) in [6, 6.07) is 13.5. The number of carboxylic acids is 1. The van der Waals surface area contributed by atoms with Gasteiger partial charge in [-0.25, -0.2) is 9.59 Å². The van der Waals surface area contributed by atoms with Crippen molar-refractivity contribution in [3.8, 4) is 0 Å². The van der Waals surface area contributed by atoms with Crippen molar-refractivity contribution in [1.29, 1.82) is 0 Å². The lowest BCUT2D eigenvalue weighted by Crippen LogP contribution is -2.50. The summed E-state index contributed by atoms with van der Waals surface area (Å²) < 4.78 is 0. The molecule has 9 nitrogen and oxygen atoms in total. The van der Waals surface area contributed by atoms with Gasteiger partial charge in [0.15, 0.2) is 0 Å². The molecule has 0 saturated heterocycles. The summed E-state index contributed by atoms with van der Waals surface area (Å²) in [5.74, 6) is -2.73. The average molecular weight is 618 g/mol. The van der Waals surface area contributed by atoms with Gasteiger partial charge in [0.2, 0.25) is 0 Å². The minimum atomic E-state index is -1.47. The maximum Gasteiger partial charge on any atom is 0.328 e. The predicted molar refractivity (Wildman–Crippen MR) is 157 cm³/mol. The van der Waals surface area contributed by atoms with Crippen LogP contribution >= 0.6 is 34.8 Å². The molecule has 214 valence electrons. The van der Waals surface area contributed by atoms with Crippen molar-refractivity contribution in [2.24, 2.45) is 0 Å². The Balaban J connectivity index is 1.35. The summed E-state index contributed by atoms with van der Waals surface area (Å²) in [7, 11) is 0. The van der Waals surface area contributed by atoms with E-state index < -0.39 is 29.9 Å². The number of urea groups is 1. The van der Waals surface area contributed by atoms with E-state index in [1.807, 2.05) is 43.3 Å². The quantitative estimate of drug-likeness (QED) is 0.229. The van der Waals surface area contributed by atoms with Crippen LogP contribution in [0.15, 0.2) is 54.6 Å². The molecule has 1 aliphatic carbocycles. The fourth-order valence-corrected chi connectivity index (χ4v) is 5.36. The zero-order chi connectivity index (χ0) is 29.7. The number of benzene rings is 3. The van der Waals surface area contributed by atoms with E-state index in [9.17, 15) is 24.3 Å².